The van der Waals surface area contributed by atoms with E-state index in [9.17, 15) is 0 Å². The van der Waals surface area contributed by atoms with Gasteiger partial charge in [-0.15, -0.1) is 0 Å². The highest BCUT2D eigenvalue weighted by atomic mass is 16.4. The molecule has 3 N–H and O–H groups in total. The Balaban J connectivity index is 1.62. The summed E-state index contributed by atoms with van der Waals surface area (Å²) in [5.74, 6) is 1.64. The van der Waals surface area contributed by atoms with Gasteiger partial charge in [0.15, 0.2) is 5.58 Å². The highest BCUT2D eigenvalue weighted by Gasteiger charge is 2.18. The van der Waals surface area contributed by atoms with Crippen LogP contribution in [0.15, 0.2) is 22.6 Å². The van der Waals surface area contributed by atoms with E-state index in [1.807, 2.05) is 18.2 Å². The van der Waals surface area contributed by atoms with Gasteiger partial charge in [0.05, 0.1) is 0 Å². The summed E-state index contributed by atoms with van der Waals surface area (Å²) < 4.78 is 5.66. The van der Waals surface area contributed by atoms with Crippen molar-refractivity contribution >= 4 is 22.8 Å². The van der Waals surface area contributed by atoms with E-state index >= 15 is 0 Å². The Kier molecular flexibility index (Phi) is 3.32. The van der Waals surface area contributed by atoms with Crippen molar-refractivity contribution in [3.05, 3.63) is 18.2 Å². The summed E-state index contributed by atoms with van der Waals surface area (Å²) in [6.07, 6.45) is 5.30. The van der Waals surface area contributed by atoms with Crippen LogP contribution >= 0.6 is 0 Å². The maximum absolute atomic E-state index is 5.73. The van der Waals surface area contributed by atoms with Gasteiger partial charge in [0, 0.05) is 12.2 Å². The summed E-state index contributed by atoms with van der Waals surface area (Å²) in [7, 11) is 0. The predicted molar refractivity (Wildman–Crippen MR) is 78.0 cm³/mol. The van der Waals surface area contributed by atoms with Crippen molar-refractivity contribution in [3.63, 3.8) is 0 Å². The number of nitrogens with one attached hydrogen (secondary N) is 1. The zero-order chi connectivity index (χ0) is 13.2. The molecule has 1 heterocycles. The molecule has 1 saturated carbocycles. The van der Waals surface area contributed by atoms with Gasteiger partial charge in [-0.3, -0.25) is 0 Å². The minimum atomic E-state index is 0.610. The van der Waals surface area contributed by atoms with E-state index in [2.05, 4.69) is 17.2 Å². The van der Waals surface area contributed by atoms with E-state index in [-0.39, 0.29) is 0 Å². The van der Waals surface area contributed by atoms with Crippen LogP contribution in [0.25, 0.3) is 11.1 Å². The van der Waals surface area contributed by atoms with Crippen molar-refractivity contribution in [2.45, 2.75) is 32.6 Å². The van der Waals surface area contributed by atoms with E-state index in [1.54, 1.807) is 0 Å². The van der Waals surface area contributed by atoms with Crippen LogP contribution in [-0.4, -0.2) is 11.5 Å². The molecule has 1 aromatic carbocycles. The van der Waals surface area contributed by atoms with Gasteiger partial charge in [0.1, 0.15) is 5.52 Å². The molecule has 0 amide bonds. The van der Waals surface area contributed by atoms with Crippen molar-refractivity contribution < 1.29 is 4.42 Å². The second-order valence-electron chi connectivity index (χ2n) is 5.75. The Labute approximate surface area is 113 Å². The van der Waals surface area contributed by atoms with Crippen molar-refractivity contribution in [2.24, 2.45) is 11.8 Å². The van der Waals surface area contributed by atoms with E-state index in [4.69, 9.17) is 10.2 Å². The quantitative estimate of drug-likeness (QED) is 0.826. The summed E-state index contributed by atoms with van der Waals surface area (Å²) in [5, 5.41) is 3.32. The number of fused-ring (bicyclic) bond motifs is 1. The van der Waals surface area contributed by atoms with Gasteiger partial charge in [0.2, 0.25) is 0 Å². The molecule has 4 nitrogen and oxygen atoms in total. The molecule has 0 atom stereocenters. The lowest BCUT2D eigenvalue weighted by Crippen LogP contribution is -2.20. The van der Waals surface area contributed by atoms with Gasteiger partial charge in [-0.1, -0.05) is 19.8 Å². The fourth-order valence-electron chi connectivity index (χ4n) is 2.78. The van der Waals surface area contributed by atoms with Crippen molar-refractivity contribution in [1.82, 2.24) is 4.98 Å². The third-order valence-electron chi connectivity index (χ3n) is 4.09. The Bertz CT molecular complexity index is 556. The van der Waals surface area contributed by atoms with Crippen LogP contribution in [0.5, 0.6) is 0 Å². The first-order valence-corrected chi connectivity index (χ1v) is 7.10. The number of aromatic nitrogens is 1. The minimum Gasteiger partial charge on any atom is -0.424 e. The number of anilines is 2. The zero-order valence-corrected chi connectivity index (χ0v) is 11.4. The lowest BCUT2D eigenvalue weighted by atomic mass is 9.83. The van der Waals surface area contributed by atoms with Crippen molar-refractivity contribution in [3.8, 4) is 0 Å². The number of benzene rings is 1. The summed E-state index contributed by atoms with van der Waals surface area (Å²) in [4.78, 5) is 4.42. The molecule has 3 rings (SSSR count). The number of nitrogen functional groups attached to an aromatic ring is 1. The molecule has 0 spiro atoms. The zero-order valence-electron chi connectivity index (χ0n) is 11.4. The first kappa shape index (κ1) is 12.3. The smallest absolute Gasteiger partial charge is 0.295 e. The molecule has 2 aromatic rings. The molecule has 4 heteroatoms. The second kappa shape index (κ2) is 5.11. The van der Waals surface area contributed by atoms with E-state index in [1.165, 1.54) is 25.7 Å². The van der Waals surface area contributed by atoms with Gasteiger partial charge in [0.25, 0.3) is 6.01 Å². The molecule has 1 aliphatic rings. The van der Waals surface area contributed by atoms with E-state index in [0.717, 1.165) is 29.5 Å². The van der Waals surface area contributed by atoms with E-state index < -0.39 is 0 Å². The number of nitrogens with two attached hydrogens (primary N) is 1. The SMILES string of the molecule is CC1CCC(CNc2nc3cc(N)ccc3o2)CC1. The minimum absolute atomic E-state index is 0.610. The topological polar surface area (TPSA) is 64.1 Å². The monoisotopic (exact) mass is 259 g/mol. The third-order valence-corrected chi connectivity index (χ3v) is 4.09. The molecule has 0 saturated heterocycles. The van der Waals surface area contributed by atoms with Gasteiger partial charge in [-0.25, -0.2) is 0 Å². The fraction of sp³-hybridized carbons (Fsp3) is 0.533. The summed E-state index contributed by atoms with van der Waals surface area (Å²) in [5.41, 5.74) is 8.06. The number of nitrogens with zero attached hydrogens (tertiary/aromatic N) is 1. The highest BCUT2D eigenvalue weighted by Crippen LogP contribution is 2.28. The normalized spacial score (nSPS) is 23.6. The lowest BCUT2D eigenvalue weighted by Gasteiger charge is -2.25. The maximum Gasteiger partial charge on any atom is 0.295 e. The number of oxazole rings is 1. The predicted octanol–water partition coefficient (Wildman–Crippen LogP) is 3.65. The molecule has 1 aliphatic carbocycles. The van der Waals surface area contributed by atoms with Gasteiger partial charge < -0.3 is 15.5 Å². The summed E-state index contributed by atoms with van der Waals surface area (Å²) >= 11 is 0. The van der Waals surface area contributed by atoms with Crippen LogP contribution in [0.2, 0.25) is 0 Å². The molecule has 0 bridgehead atoms. The Morgan fingerprint density at radius 2 is 2.11 bits per heavy atom. The van der Waals surface area contributed by atoms with Crippen LogP contribution in [0.4, 0.5) is 11.7 Å². The fourth-order valence-corrected chi connectivity index (χ4v) is 2.78. The van der Waals surface area contributed by atoms with Gasteiger partial charge in [-0.05, 0) is 42.9 Å². The number of rotatable bonds is 3. The molecule has 19 heavy (non-hydrogen) atoms. The average Bonchev–Trinajstić information content (AvgIpc) is 2.80. The van der Waals surface area contributed by atoms with Crippen LogP contribution < -0.4 is 11.1 Å². The molecule has 1 aromatic heterocycles. The van der Waals surface area contributed by atoms with Crippen LogP contribution in [0, 0.1) is 11.8 Å². The summed E-state index contributed by atoms with van der Waals surface area (Å²) in [6, 6.07) is 6.15. The standard InChI is InChI=1S/C15H21N3O/c1-10-2-4-11(5-3-10)9-17-15-18-13-8-12(16)6-7-14(13)19-15/h6-8,10-11H,2-5,9,16H2,1H3,(H,17,18). The first-order chi connectivity index (χ1) is 9.20. The van der Waals surface area contributed by atoms with Crippen molar-refractivity contribution in [1.29, 1.82) is 0 Å². The van der Waals surface area contributed by atoms with Crippen molar-refractivity contribution in [2.75, 3.05) is 17.6 Å². The lowest BCUT2D eigenvalue weighted by molar-refractivity contribution is 0.299. The molecule has 1 fully saturated rings. The molecule has 0 radical (unpaired) electrons. The Morgan fingerprint density at radius 3 is 2.89 bits per heavy atom. The highest BCUT2D eigenvalue weighted by molar-refractivity contribution is 5.78. The largest absolute Gasteiger partial charge is 0.424 e. The van der Waals surface area contributed by atoms with Crippen LogP contribution in [0.1, 0.15) is 32.6 Å². The Morgan fingerprint density at radius 1 is 1.32 bits per heavy atom. The molecule has 0 unspecified atom stereocenters. The molecular formula is C15H21N3O. The van der Waals surface area contributed by atoms with Gasteiger partial charge in [-0.2, -0.15) is 4.98 Å². The molecular weight excluding hydrogens is 238 g/mol. The second-order valence-corrected chi connectivity index (χ2v) is 5.75. The Hall–Kier alpha value is -1.71. The van der Waals surface area contributed by atoms with E-state index in [0.29, 0.717) is 11.7 Å². The van der Waals surface area contributed by atoms with Crippen LogP contribution in [-0.2, 0) is 0 Å². The average molecular weight is 259 g/mol. The number of hydrogen-bond donors (Lipinski definition) is 2. The molecule has 0 aliphatic heterocycles. The van der Waals surface area contributed by atoms with Crippen LogP contribution in [0.3, 0.4) is 0 Å². The maximum atomic E-state index is 5.73. The molecule has 102 valence electrons. The van der Waals surface area contributed by atoms with Gasteiger partial charge >= 0.3 is 0 Å². The first-order valence-electron chi connectivity index (χ1n) is 7.10. The summed E-state index contributed by atoms with van der Waals surface area (Å²) in [6.45, 7) is 3.30. The number of hydrogen-bond acceptors (Lipinski definition) is 4. The third kappa shape index (κ3) is 2.83.